The van der Waals surface area contributed by atoms with Crippen LogP contribution in [0.25, 0.3) is 0 Å². The first-order valence-electron chi connectivity index (χ1n) is 4.72. The molecule has 0 aliphatic rings. The Kier molecular flexibility index (Phi) is 3.24. The van der Waals surface area contributed by atoms with Crippen molar-refractivity contribution in [2.75, 3.05) is 0 Å². The van der Waals surface area contributed by atoms with Crippen LogP contribution in [0.1, 0.15) is 22.7 Å². The predicted octanol–water partition coefficient (Wildman–Crippen LogP) is 3.87. The third-order valence-electron chi connectivity index (χ3n) is 2.48. The fourth-order valence-electron chi connectivity index (χ4n) is 1.58. The SMILES string of the molecule is Cc1ccc(Br)cc1[C@@H](N)c1ccsc1. The maximum Gasteiger partial charge on any atom is 0.0562 e. The van der Waals surface area contributed by atoms with Crippen LogP contribution in [-0.4, -0.2) is 0 Å². The standard InChI is InChI=1S/C12H12BrNS/c1-8-2-3-10(13)6-11(8)12(14)9-4-5-15-7-9/h2-7,12H,14H2,1H3/t12-/m0/s1. The van der Waals surface area contributed by atoms with Crippen molar-refractivity contribution in [1.82, 2.24) is 0 Å². The quantitative estimate of drug-likeness (QED) is 0.889. The lowest BCUT2D eigenvalue weighted by atomic mass is 9.98. The van der Waals surface area contributed by atoms with E-state index in [1.165, 1.54) is 16.7 Å². The molecule has 15 heavy (non-hydrogen) atoms. The van der Waals surface area contributed by atoms with Crippen LogP contribution < -0.4 is 5.73 Å². The first-order chi connectivity index (χ1) is 7.18. The lowest BCUT2D eigenvalue weighted by molar-refractivity contribution is 0.865. The maximum atomic E-state index is 6.22. The third kappa shape index (κ3) is 2.30. The van der Waals surface area contributed by atoms with Crippen LogP contribution >= 0.6 is 27.3 Å². The van der Waals surface area contributed by atoms with Gasteiger partial charge in [-0.05, 0) is 52.6 Å². The van der Waals surface area contributed by atoms with Gasteiger partial charge in [0, 0.05) is 4.47 Å². The Morgan fingerprint density at radius 3 is 2.80 bits per heavy atom. The zero-order chi connectivity index (χ0) is 10.8. The lowest BCUT2D eigenvalue weighted by Gasteiger charge is -2.13. The molecule has 0 aliphatic carbocycles. The Morgan fingerprint density at radius 1 is 1.33 bits per heavy atom. The highest BCUT2D eigenvalue weighted by Crippen LogP contribution is 2.26. The van der Waals surface area contributed by atoms with Crippen molar-refractivity contribution in [3.63, 3.8) is 0 Å². The molecule has 0 aliphatic heterocycles. The lowest BCUT2D eigenvalue weighted by Crippen LogP contribution is -2.12. The molecule has 1 heterocycles. The maximum absolute atomic E-state index is 6.22. The second-order valence-corrected chi connectivity index (χ2v) is 5.23. The van der Waals surface area contributed by atoms with Gasteiger partial charge in [0.25, 0.3) is 0 Å². The Balaban J connectivity index is 2.41. The van der Waals surface area contributed by atoms with Crippen molar-refractivity contribution >= 4 is 27.3 Å². The molecule has 0 saturated heterocycles. The van der Waals surface area contributed by atoms with Crippen molar-refractivity contribution < 1.29 is 0 Å². The van der Waals surface area contributed by atoms with Crippen LogP contribution in [0.4, 0.5) is 0 Å². The van der Waals surface area contributed by atoms with E-state index in [4.69, 9.17) is 5.73 Å². The van der Waals surface area contributed by atoms with E-state index in [9.17, 15) is 0 Å². The van der Waals surface area contributed by atoms with Gasteiger partial charge in [0.05, 0.1) is 6.04 Å². The molecule has 0 saturated carbocycles. The van der Waals surface area contributed by atoms with Gasteiger partial charge < -0.3 is 5.73 Å². The van der Waals surface area contributed by atoms with Gasteiger partial charge in [0.15, 0.2) is 0 Å². The number of benzene rings is 1. The molecule has 2 rings (SSSR count). The largest absolute Gasteiger partial charge is 0.320 e. The van der Waals surface area contributed by atoms with Crippen LogP contribution in [0.2, 0.25) is 0 Å². The third-order valence-corrected chi connectivity index (χ3v) is 3.67. The van der Waals surface area contributed by atoms with E-state index in [-0.39, 0.29) is 6.04 Å². The molecule has 1 atom stereocenters. The first-order valence-corrected chi connectivity index (χ1v) is 6.46. The van der Waals surface area contributed by atoms with Gasteiger partial charge in [-0.15, -0.1) is 0 Å². The average Bonchev–Trinajstić information content (AvgIpc) is 2.74. The summed E-state index contributed by atoms with van der Waals surface area (Å²) in [5.41, 5.74) is 9.81. The van der Waals surface area contributed by atoms with Crippen LogP contribution in [0, 0.1) is 6.92 Å². The number of rotatable bonds is 2. The van der Waals surface area contributed by atoms with Crippen LogP contribution in [0.3, 0.4) is 0 Å². The number of nitrogens with two attached hydrogens (primary N) is 1. The first kappa shape index (κ1) is 10.9. The molecule has 0 amide bonds. The van der Waals surface area contributed by atoms with E-state index in [1.54, 1.807) is 11.3 Å². The van der Waals surface area contributed by atoms with E-state index < -0.39 is 0 Å². The van der Waals surface area contributed by atoms with Gasteiger partial charge in [0.2, 0.25) is 0 Å². The van der Waals surface area contributed by atoms with Gasteiger partial charge in [-0.2, -0.15) is 11.3 Å². The Bertz CT molecular complexity index is 451. The summed E-state index contributed by atoms with van der Waals surface area (Å²) in [6, 6.07) is 8.28. The smallest absolute Gasteiger partial charge is 0.0562 e. The number of halogens is 1. The van der Waals surface area contributed by atoms with E-state index in [1.807, 2.05) is 6.07 Å². The molecule has 78 valence electrons. The average molecular weight is 282 g/mol. The van der Waals surface area contributed by atoms with Crippen LogP contribution in [0.5, 0.6) is 0 Å². The zero-order valence-electron chi connectivity index (χ0n) is 8.41. The molecule has 1 aromatic carbocycles. The molecular formula is C12H12BrNS. The van der Waals surface area contributed by atoms with E-state index in [2.05, 4.69) is 51.8 Å². The summed E-state index contributed by atoms with van der Waals surface area (Å²) in [6.45, 7) is 2.09. The second-order valence-electron chi connectivity index (χ2n) is 3.54. The minimum absolute atomic E-state index is 0.0197. The predicted molar refractivity (Wildman–Crippen MR) is 69.2 cm³/mol. The minimum Gasteiger partial charge on any atom is -0.320 e. The van der Waals surface area contributed by atoms with Crippen molar-refractivity contribution in [1.29, 1.82) is 0 Å². The molecular weight excluding hydrogens is 270 g/mol. The molecule has 3 heteroatoms. The number of aryl methyl sites for hydroxylation is 1. The molecule has 0 bridgehead atoms. The second kappa shape index (κ2) is 4.47. The minimum atomic E-state index is -0.0197. The molecule has 0 unspecified atom stereocenters. The highest BCUT2D eigenvalue weighted by Gasteiger charge is 2.11. The summed E-state index contributed by atoms with van der Waals surface area (Å²) >= 11 is 5.16. The van der Waals surface area contributed by atoms with Gasteiger partial charge in [-0.25, -0.2) is 0 Å². The highest BCUT2D eigenvalue weighted by atomic mass is 79.9. The van der Waals surface area contributed by atoms with Gasteiger partial charge in [-0.1, -0.05) is 22.0 Å². The number of hydrogen-bond donors (Lipinski definition) is 1. The summed E-state index contributed by atoms with van der Waals surface area (Å²) in [5, 5.41) is 4.16. The van der Waals surface area contributed by atoms with Crippen molar-refractivity contribution in [3.8, 4) is 0 Å². The molecule has 0 spiro atoms. The van der Waals surface area contributed by atoms with Crippen molar-refractivity contribution in [2.45, 2.75) is 13.0 Å². The number of thiophene rings is 1. The Labute approximate surface area is 102 Å². The topological polar surface area (TPSA) is 26.0 Å². The number of hydrogen-bond acceptors (Lipinski definition) is 2. The molecule has 2 aromatic rings. The summed E-state index contributed by atoms with van der Waals surface area (Å²) in [4.78, 5) is 0. The van der Waals surface area contributed by atoms with E-state index >= 15 is 0 Å². The highest BCUT2D eigenvalue weighted by molar-refractivity contribution is 9.10. The summed E-state index contributed by atoms with van der Waals surface area (Å²) in [6.07, 6.45) is 0. The van der Waals surface area contributed by atoms with Gasteiger partial charge in [0.1, 0.15) is 0 Å². The molecule has 0 radical (unpaired) electrons. The zero-order valence-corrected chi connectivity index (χ0v) is 10.8. The summed E-state index contributed by atoms with van der Waals surface area (Å²) in [5.74, 6) is 0. The fourth-order valence-corrected chi connectivity index (χ4v) is 2.65. The van der Waals surface area contributed by atoms with Crippen molar-refractivity contribution in [3.05, 3.63) is 56.2 Å². The Morgan fingerprint density at radius 2 is 2.13 bits per heavy atom. The van der Waals surface area contributed by atoms with Crippen molar-refractivity contribution in [2.24, 2.45) is 5.73 Å². The van der Waals surface area contributed by atoms with E-state index in [0.29, 0.717) is 0 Å². The van der Waals surface area contributed by atoms with Gasteiger partial charge in [-0.3, -0.25) is 0 Å². The molecule has 2 N–H and O–H groups in total. The van der Waals surface area contributed by atoms with Crippen LogP contribution in [-0.2, 0) is 0 Å². The van der Waals surface area contributed by atoms with E-state index in [0.717, 1.165) is 4.47 Å². The monoisotopic (exact) mass is 281 g/mol. The summed E-state index contributed by atoms with van der Waals surface area (Å²) < 4.78 is 1.08. The molecule has 1 aromatic heterocycles. The molecule has 0 fully saturated rings. The molecule has 1 nitrogen and oxygen atoms in total. The van der Waals surface area contributed by atoms with Crippen LogP contribution in [0.15, 0.2) is 39.5 Å². The summed E-state index contributed by atoms with van der Waals surface area (Å²) in [7, 11) is 0. The van der Waals surface area contributed by atoms with Gasteiger partial charge >= 0.3 is 0 Å². The normalized spacial score (nSPS) is 12.7. The Hall–Kier alpha value is -0.640. The fraction of sp³-hybridized carbons (Fsp3) is 0.167.